The molecule has 3 nitrogen and oxygen atoms in total. The Morgan fingerprint density at radius 1 is 1.27 bits per heavy atom. The van der Waals surface area contributed by atoms with Crippen molar-refractivity contribution in [3.05, 3.63) is 24.8 Å². The number of hydrogen-bond donors (Lipinski definition) is 1. The molecule has 0 aliphatic heterocycles. The second-order valence-electron chi connectivity index (χ2n) is 4.94. The summed E-state index contributed by atoms with van der Waals surface area (Å²) in [5.41, 5.74) is 0. The monoisotopic (exact) mass is 302 g/mol. The predicted molar refractivity (Wildman–Crippen MR) is 89.6 cm³/mol. The molecule has 3 heteroatoms. The molecule has 1 N–H and O–H groups in total. The van der Waals surface area contributed by atoms with Gasteiger partial charge in [-0.2, -0.15) is 0 Å². The fourth-order valence-corrected chi connectivity index (χ4v) is 1.72. The first kappa shape index (κ1) is 20.0. The van der Waals surface area contributed by atoms with Crippen LogP contribution in [0.25, 0.3) is 0 Å². The number of aliphatic hydroxyl groups is 1. The first-order valence-electron chi connectivity index (χ1n) is 7.74. The molecule has 0 amide bonds. The van der Waals surface area contributed by atoms with E-state index in [4.69, 9.17) is 4.74 Å². The summed E-state index contributed by atoms with van der Waals surface area (Å²) < 4.78 is 4.86. The third-order valence-electron chi connectivity index (χ3n) is 2.76. The summed E-state index contributed by atoms with van der Waals surface area (Å²) >= 11 is 0. The summed E-state index contributed by atoms with van der Waals surface area (Å²) in [6.07, 6.45) is 12.1. The van der Waals surface area contributed by atoms with Crippen molar-refractivity contribution in [2.24, 2.45) is 0 Å². The van der Waals surface area contributed by atoms with Crippen LogP contribution in [0.2, 0.25) is 0 Å². The SMILES string of the molecule is C=CCC#CC#CC(O)(C=CCCCCCCC)OC(C)=O. The van der Waals surface area contributed by atoms with Gasteiger partial charge in [-0.05, 0) is 36.7 Å². The van der Waals surface area contributed by atoms with E-state index in [0.29, 0.717) is 6.42 Å². The van der Waals surface area contributed by atoms with E-state index in [1.165, 1.54) is 32.3 Å². The smallest absolute Gasteiger partial charge is 0.306 e. The normalized spacial score (nSPS) is 12.5. The second kappa shape index (κ2) is 12.7. The number of esters is 1. The molecule has 0 aromatic carbocycles. The molecule has 1 unspecified atom stereocenters. The highest BCUT2D eigenvalue weighted by Gasteiger charge is 2.23. The average molecular weight is 302 g/mol. The highest BCUT2D eigenvalue weighted by Crippen LogP contribution is 2.11. The minimum atomic E-state index is -1.90. The van der Waals surface area contributed by atoms with Gasteiger partial charge in [0.1, 0.15) is 0 Å². The minimum absolute atomic E-state index is 0.522. The Balaban J connectivity index is 4.52. The lowest BCUT2D eigenvalue weighted by atomic mass is 10.1. The van der Waals surface area contributed by atoms with Crippen molar-refractivity contribution in [3.63, 3.8) is 0 Å². The molecule has 120 valence electrons. The van der Waals surface area contributed by atoms with Crippen LogP contribution in [0.4, 0.5) is 0 Å². The van der Waals surface area contributed by atoms with Crippen LogP contribution in [0.5, 0.6) is 0 Å². The molecule has 1 atom stereocenters. The molecule has 0 bridgehead atoms. The number of carbonyl (C=O) groups is 1. The fraction of sp³-hybridized carbons (Fsp3) is 0.526. The summed E-state index contributed by atoms with van der Waals surface area (Å²) in [7, 11) is 0. The van der Waals surface area contributed by atoms with Gasteiger partial charge in [0.25, 0.3) is 5.79 Å². The van der Waals surface area contributed by atoms with Crippen molar-refractivity contribution in [3.8, 4) is 23.7 Å². The van der Waals surface area contributed by atoms with Crippen LogP contribution in [0, 0.1) is 23.7 Å². The Bertz CT molecular complexity index is 482. The van der Waals surface area contributed by atoms with E-state index < -0.39 is 11.8 Å². The summed E-state index contributed by atoms with van der Waals surface area (Å²) in [5, 5.41) is 10.2. The molecule has 0 saturated heterocycles. The quantitative estimate of drug-likeness (QED) is 0.232. The maximum Gasteiger partial charge on any atom is 0.306 e. The first-order valence-corrected chi connectivity index (χ1v) is 7.74. The Labute approximate surface area is 134 Å². The second-order valence-corrected chi connectivity index (χ2v) is 4.94. The maximum atomic E-state index is 11.1. The van der Waals surface area contributed by atoms with E-state index in [9.17, 15) is 9.90 Å². The van der Waals surface area contributed by atoms with Gasteiger partial charge in [0, 0.05) is 13.3 Å². The first-order chi connectivity index (χ1) is 10.5. The number of hydrogen-bond acceptors (Lipinski definition) is 3. The zero-order chi connectivity index (χ0) is 16.7. The van der Waals surface area contributed by atoms with Gasteiger partial charge < -0.3 is 9.84 Å². The van der Waals surface area contributed by atoms with Crippen molar-refractivity contribution >= 4 is 5.97 Å². The van der Waals surface area contributed by atoms with Gasteiger partial charge in [-0.1, -0.05) is 50.7 Å². The lowest BCUT2D eigenvalue weighted by molar-refractivity contribution is -0.171. The molecule has 0 radical (unpaired) electrons. The molecule has 0 aliphatic carbocycles. The predicted octanol–water partition coefficient (Wildman–Crippen LogP) is 3.74. The van der Waals surface area contributed by atoms with Crippen LogP contribution >= 0.6 is 0 Å². The zero-order valence-electron chi connectivity index (χ0n) is 13.7. The molecule has 22 heavy (non-hydrogen) atoms. The fourth-order valence-electron chi connectivity index (χ4n) is 1.72. The van der Waals surface area contributed by atoms with Crippen molar-refractivity contribution in [1.82, 2.24) is 0 Å². The third-order valence-corrected chi connectivity index (χ3v) is 2.76. The summed E-state index contributed by atoms with van der Waals surface area (Å²) in [4.78, 5) is 11.1. The molecular formula is C19H26O3. The number of ether oxygens (including phenoxy) is 1. The number of carbonyl (C=O) groups excluding carboxylic acids is 1. The molecule has 0 aromatic rings. The van der Waals surface area contributed by atoms with Crippen molar-refractivity contribution in [1.29, 1.82) is 0 Å². The molecule has 0 fully saturated rings. The summed E-state index contributed by atoms with van der Waals surface area (Å²) in [6.45, 7) is 6.95. The average Bonchev–Trinajstić information content (AvgIpc) is 2.45. The Kier molecular flexibility index (Phi) is 11.6. The van der Waals surface area contributed by atoms with Gasteiger partial charge in [-0.25, -0.2) is 0 Å². The molecule has 0 aliphatic rings. The molecule has 0 spiro atoms. The topological polar surface area (TPSA) is 46.5 Å². The number of unbranched alkanes of at least 4 members (excludes halogenated alkanes) is 5. The van der Waals surface area contributed by atoms with Gasteiger partial charge in [0.2, 0.25) is 0 Å². The Morgan fingerprint density at radius 3 is 2.64 bits per heavy atom. The lowest BCUT2D eigenvalue weighted by Gasteiger charge is -2.16. The summed E-state index contributed by atoms with van der Waals surface area (Å²) in [6, 6.07) is 0. The van der Waals surface area contributed by atoms with Gasteiger partial charge in [0.15, 0.2) is 0 Å². The molecule has 0 rings (SSSR count). The van der Waals surface area contributed by atoms with Crippen molar-refractivity contribution in [2.75, 3.05) is 0 Å². The van der Waals surface area contributed by atoms with Gasteiger partial charge in [-0.15, -0.1) is 6.58 Å². The lowest BCUT2D eigenvalue weighted by Crippen LogP contribution is -2.30. The van der Waals surface area contributed by atoms with Crippen molar-refractivity contribution in [2.45, 2.75) is 64.6 Å². The molecule has 0 heterocycles. The van der Waals surface area contributed by atoms with Gasteiger partial charge in [0.05, 0.1) is 0 Å². The van der Waals surface area contributed by atoms with E-state index in [1.54, 1.807) is 12.2 Å². The number of allylic oxidation sites excluding steroid dienone is 2. The zero-order valence-corrected chi connectivity index (χ0v) is 13.7. The van der Waals surface area contributed by atoms with E-state index in [0.717, 1.165) is 19.3 Å². The van der Waals surface area contributed by atoms with Crippen LogP contribution in [0.15, 0.2) is 24.8 Å². The van der Waals surface area contributed by atoms with Crippen molar-refractivity contribution < 1.29 is 14.6 Å². The Hall–Kier alpha value is -1.97. The van der Waals surface area contributed by atoms with E-state index in [2.05, 4.69) is 37.2 Å². The standard InChI is InChI=1S/C19H26O3/c1-4-6-8-10-11-13-15-17-19(21,22-18(3)20)16-14-12-9-7-5-2/h5,15,17,21H,2,4,6-8,10-11,13H2,1,3H3. The van der Waals surface area contributed by atoms with Crippen LogP contribution in [0.3, 0.4) is 0 Å². The van der Waals surface area contributed by atoms with Crippen LogP contribution in [0.1, 0.15) is 58.8 Å². The van der Waals surface area contributed by atoms with Crippen LogP contribution in [-0.4, -0.2) is 16.9 Å². The van der Waals surface area contributed by atoms with Crippen LogP contribution in [-0.2, 0) is 9.53 Å². The minimum Gasteiger partial charge on any atom is -0.418 e. The molecule has 0 saturated carbocycles. The summed E-state index contributed by atoms with van der Waals surface area (Å²) in [5.74, 6) is 7.78. The molecular weight excluding hydrogens is 276 g/mol. The van der Waals surface area contributed by atoms with E-state index >= 15 is 0 Å². The number of rotatable bonds is 9. The maximum absolute atomic E-state index is 11.1. The highest BCUT2D eigenvalue weighted by atomic mass is 16.7. The van der Waals surface area contributed by atoms with E-state index in [-0.39, 0.29) is 0 Å². The Morgan fingerprint density at radius 2 is 2.00 bits per heavy atom. The van der Waals surface area contributed by atoms with Gasteiger partial charge >= 0.3 is 5.97 Å². The van der Waals surface area contributed by atoms with Gasteiger partial charge in [-0.3, -0.25) is 4.79 Å². The van der Waals surface area contributed by atoms with Crippen LogP contribution < -0.4 is 0 Å². The highest BCUT2D eigenvalue weighted by molar-refractivity contribution is 5.67. The van der Waals surface area contributed by atoms with E-state index in [1.807, 2.05) is 0 Å². The largest absolute Gasteiger partial charge is 0.418 e. The molecule has 0 aromatic heterocycles. The third kappa shape index (κ3) is 11.8.